The normalized spacial score (nSPS) is 17.3. The molecule has 1 aliphatic rings. The number of benzene rings is 1. The van der Waals surface area contributed by atoms with Gasteiger partial charge in [0.25, 0.3) is 5.91 Å². The summed E-state index contributed by atoms with van der Waals surface area (Å²) in [4.78, 5) is 25.7. The van der Waals surface area contributed by atoms with Crippen LogP contribution in [-0.4, -0.2) is 52.3 Å². The van der Waals surface area contributed by atoms with Gasteiger partial charge in [-0.3, -0.25) is 9.59 Å². The minimum atomic E-state index is -0.963. The molecule has 138 valence electrons. The van der Waals surface area contributed by atoms with E-state index in [1.165, 1.54) is 12.1 Å². The number of nitrogens with zero attached hydrogens (tertiary/aromatic N) is 2. The molecular weight excluding hydrogens is 339 g/mol. The number of halogens is 1. The van der Waals surface area contributed by atoms with E-state index in [0.717, 1.165) is 17.1 Å². The van der Waals surface area contributed by atoms with Gasteiger partial charge < -0.3 is 19.3 Å². The summed E-state index contributed by atoms with van der Waals surface area (Å²) in [6.07, 6.45) is -0.150. The highest BCUT2D eigenvalue weighted by molar-refractivity contribution is 5.96. The fraction of sp³-hybridized carbons (Fsp3) is 0.368. The average molecular weight is 360 g/mol. The fourth-order valence-electron chi connectivity index (χ4n) is 3.41. The number of carbonyl (C=O) groups excluding carboxylic acids is 1. The topological polar surface area (TPSA) is 71.8 Å². The number of hydrogen-bond donors (Lipinski definition) is 1. The molecule has 1 amide bonds. The van der Waals surface area contributed by atoms with Crippen molar-refractivity contribution in [3.63, 3.8) is 0 Å². The predicted molar refractivity (Wildman–Crippen MR) is 93.1 cm³/mol. The molecule has 0 bridgehead atoms. The second-order valence-electron chi connectivity index (χ2n) is 6.42. The summed E-state index contributed by atoms with van der Waals surface area (Å²) < 4.78 is 20.4. The maximum atomic E-state index is 13.2. The van der Waals surface area contributed by atoms with Crippen LogP contribution in [0.1, 0.15) is 28.2 Å². The first-order valence-electron chi connectivity index (χ1n) is 8.44. The van der Waals surface area contributed by atoms with E-state index in [9.17, 15) is 14.0 Å². The number of aromatic nitrogens is 1. The Balaban J connectivity index is 1.93. The van der Waals surface area contributed by atoms with Crippen LogP contribution in [-0.2, 0) is 9.53 Å². The van der Waals surface area contributed by atoms with Crippen molar-refractivity contribution < 1.29 is 23.8 Å². The third kappa shape index (κ3) is 3.48. The first-order chi connectivity index (χ1) is 12.4. The number of morpholine rings is 1. The molecule has 0 radical (unpaired) electrons. The predicted octanol–water partition coefficient (Wildman–Crippen LogP) is 2.55. The number of amides is 1. The highest BCUT2D eigenvalue weighted by Gasteiger charge is 2.31. The van der Waals surface area contributed by atoms with Crippen LogP contribution in [0.2, 0.25) is 0 Å². The quantitative estimate of drug-likeness (QED) is 0.910. The molecule has 1 unspecified atom stereocenters. The van der Waals surface area contributed by atoms with Gasteiger partial charge in [-0.15, -0.1) is 0 Å². The molecule has 1 aliphatic heterocycles. The smallest absolute Gasteiger partial charge is 0.305 e. The van der Waals surface area contributed by atoms with Crippen molar-refractivity contribution in [3.8, 4) is 5.69 Å². The second-order valence-corrected chi connectivity index (χ2v) is 6.42. The van der Waals surface area contributed by atoms with Crippen LogP contribution in [0.3, 0.4) is 0 Å². The van der Waals surface area contributed by atoms with Crippen LogP contribution in [0.4, 0.5) is 4.39 Å². The van der Waals surface area contributed by atoms with Gasteiger partial charge in [0.15, 0.2) is 0 Å². The number of carboxylic acid groups (broad SMARTS) is 1. The first kappa shape index (κ1) is 18.1. The number of carboxylic acids is 1. The summed E-state index contributed by atoms with van der Waals surface area (Å²) in [6, 6.07) is 7.37. The van der Waals surface area contributed by atoms with Gasteiger partial charge in [0, 0.05) is 23.6 Å². The molecule has 26 heavy (non-hydrogen) atoms. The van der Waals surface area contributed by atoms with E-state index < -0.39 is 12.0 Å². The Bertz CT molecular complexity index is 829. The van der Waals surface area contributed by atoms with Gasteiger partial charge in [0.05, 0.1) is 31.2 Å². The van der Waals surface area contributed by atoms with Crippen molar-refractivity contribution >= 4 is 11.9 Å². The van der Waals surface area contributed by atoms with Gasteiger partial charge in [-0.1, -0.05) is 0 Å². The molecule has 1 aromatic carbocycles. The number of carbonyl (C=O) groups is 2. The Morgan fingerprint density at radius 2 is 1.96 bits per heavy atom. The summed E-state index contributed by atoms with van der Waals surface area (Å²) in [5, 5.41) is 9.08. The van der Waals surface area contributed by atoms with Crippen LogP contribution in [0, 0.1) is 19.7 Å². The first-order valence-corrected chi connectivity index (χ1v) is 8.44. The van der Waals surface area contributed by atoms with Gasteiger partial charge in [-0.2, -0.15) is 0 Å². The summed E-state index contributed by atoms with van der Waals surface area (Å²) in [5.74, 6) is -1.49. The maximum Gasteiger partial charge on any atom is 0.305 e. The van der Waals surface area contributed by atoms with E-state index in [-0.39, 0.29) is 24.8 Å². The molecule has 7 heteroatoms. The molecule has 0 spiro atoms. The van der Waals surface area contributed by atoms with Crippen molar-refractivity contribution in [2.75, 3.05) is 19.8 Å². The lowest BCUT2D eigenvalue weighted by atomic mass is 10.1. The Morgan fingerprint density at radius 3 is 2.62 bits per heavy atom. The van der Waals surface area contributed by atoms with E-state index >= 15 is 0 Å². The summed E-state index contributed by atoms with van der Waals surface area (Å²) in [6.45, 7) is 4.67. The van der Waals surface area contributed by atoms with Gasteiger partial charge >= 0.3 is 5.97 Å². The van der Waals surface area contributed by atoms with E-state index in [1.54, 1.807) is 23.1 Å². The lowest BCUT2D eigenvalue weighted by molar-refractivity contribution is -0.139. The lowest BCUT2D eigenvalue weighted by Gasteiger charge is -2.34. The molecule has 0 aliphatic carbocycles. The largest absolute Gasteiger partial charge is 0.481 e. The van der Waals surface area contributed by atoms with Crippen molar-refractivity contribution in [1.29, 1.82) is 0 Å². The SMILES string of the molecule is Cc1cc(C(=O)N2CCOCC2CC(=O)O)c(C)n1-c1ccc(F)cc1. The van der Waals surface area contributed by atoms with E-state index in [2.05, 4.69) is 0 Å². The molecule has 1 atom stereocenters. The van der Waals surface area contributed by atoms with Crippen LogP contribution in [0.15, 0.2) is 30.3 Å². The summed E-state index contributed by atoms with van der Waals surface area (Å²) >= 11 is 0. The number of aryl methyl sites for hydroxylation is 1. The van der Waals surface area contributed by atoms with Crippen LogP contribution in [0.25, 0.3) is 5.69 Å². The zero-order valence-electron chi connectivity index (χ0n) is 14.7. The van der Waals surface area contributed by atoms with Gasteiger partial charge in [0.1, 0.15) is 5.82 Å². The summed E-state index contributed by atoms with van der Waals surface area (Å²) in [5.41, 5.74) is 2.87. The Kier molecular flexibility index (Phi) is 5.08. The molecule has 1 aromatic heterocycles. The molecule has 6 nitrogen and oxygen atoms in total. The minimum Gasteiger partial charge on any atom is -0.481 e. The van der Waals surface area contributed by atoms with E-state index in [1.807, 2.05) is 18.4 Å². The minimum absolute atomic E-state index is 0.150. The molecule has 1 saturated heterocycles. The lowest BCUT2D eigenvalue weighted by Crippen LogP contribution is -2.49. The van der Waals surface area contributed by atoms with Crippen molar-refractivity contribution in [2.45, 2.75) is 26.3 Å². The molecule has 3 rings (SSSR count). The van der Waals surface area contributed by atoms with Crippen LogP contribution in [0.5, 0.6) is 0 Å². The Labute approximate surface area is 150 Å². The van der Waals surface area contributed by atoms with Crippen molar-refractivity contribution in [2.24, 2.45) is 0 Å². The summed E-state index contributed by atoms with van der Waals surface area (Å²) in [7, 11) is 0. The number of ether oxygens (including phenoxy) is 1. The maximum absolute atomic E-state index is 13.2. The Hall–Kier alpha value is -2.67. The van der Waals surface area contributed by atoms with Gasteiger partial charge in [-0.25, -0.2) is 4.39 Å². The second kappa shape index (κ2) is 7.29. The molecule has 1 N–H and O–H groups in total. The standard InChI is InChI=1S/C19H21FN2O4/c1-12-9-17(13(2)22(12)15-5-3-14(20)4-6-15)19(25)21-7-8-26-11-16(21)10-18(23)24/h3-6,9,16H,7-8,10-11H2,1-2H3,(H,23,24). The average Bonchev–Trinajstić information content (AvgIpc) is 2.90. The highest BCUT2D eigenvalue weighted by Crippen LogP contribution is 2.24. The van der Waals surface area contributed by atoms with Crippen LogP contribution >= 0.6 is 0 Å². The monoisotopic (exact) mass is 360 g/mol. The zero-order valence-corrected chi connectivity index (χ0v) is 14.7. The van der Waals surface area contributed by atoms with Gasteiger partial charge in [-0.05, 0) is 44.2 Å². The van der Waals surface area contributed by atoms with Gasteiger partial charge in [0.2, 0.25) is 0 Å². The molecule has 2 heterocycles. The number of rotatable bonds is 4. The van der Waals surface area contributed by atoms with Crippen LogP contribution < -0.4 is 0 Å². The zero-order chi connectivity index (χ0) is 18.8. The van der Waals surface area contributed by atoms with Crippen molar-refractivity contribution in [1.82, 2.24) is 9.47 Å². The Morgan fingerprint density at radius 1 is 1.27 bits per heavy atom. The molecule has 0 saturated carbocycles. The third-order valence-corrected chi connectivity index (χ3v) is 4.65. The number of aliphatic carboxylic acids is 1. The third-order valence-electron chi connectivity index (χ3n) is 4.65. The highest BCUT2D eigenvalue weighted by atomic mass is 19.1. The van der Waals surface area contributed by atoms with E-state index in [0.29, 0.717) is 18.7 Å². The molecular formula is C19H21FN2O4. The van der Waals surface area contributed by atoms with Crippen molar-refractivity contribution in [3.05, 3.63) is 53.1 Å². The molecule has 1 fully saturated rings. The van der Waals surface area contributed by atoms with E-state index in [4.69, 9.17) is 9.84 Å². The number of hydrogen-bond acceptors (Lipinski definition) is 3. The molecule has 2 aromatic rings. The fourth-order valence-corrected chi connectivity index (χ4v) is 3.41.